The van der Waals surface area contributed by atoms with E-state index < -0.39 is 0 Å². The summed E-state index contributed by atoms with van der Waals surface area (Å²) in [5, 5.41) is 11.8. The molecule has 3 aromatic carbocycles. The van der Waals surface area contributed by atoms with Crippen LogP contribution < -0.4 is 10.6 Å². The Kier molecular flexibility index (Phi) is 8.28. The van der Waals surface area contributed by atoms with Gasteiger partial charge in [0.05, 0.1) is 27.6 Å². The van der Waals surface area contributed by atoms with Crippen molar-refractivity contribution in [3.8, 4) is 27.5 Å². The summed E-state index contributed by atoms with van der Waals surface area (Å²) < 4.78 is 2.01. The summed E-state index contributed by atoms with van der Waals surface area (Å²) in [7, 11) is 0. The van der Waals surface area contributed by atoms with Gasteiger partial charge in [-0.15, -0.1) is 0 Å². The van der Waals surface area contributed by atoms with Crippen molar-refractivity contribution in [3.05, 3.63) is 107 Å². The number of nitrogens with one attached hydrogen (secondary N) is 2. The number of aromatic nitrogens is 3. The Bertz CT molecular complexity index is 1820. The predicted octanol–water partition coefficient (Wildman–Crippen LogP) is 6.25. The van der Waals surface area contributed by atoms with E-state index in [1.807, 2.05) is 41.1 Å². The van der Waals surface area contributed by atoms with E-state index >= 15 is 0 Å². The number of carbonyl (C=O) groups excluding carboxylic acids is 2. The molecule has 0 saturated carbocycles. The van der Waals surface area contributed by atoms with Crippen molar-refractivity contribution in [2.24, 2.45) is 5.92 Å². The van der Waals surface area contributed by atoms with Crippen LogP contribution in [0.15, 0.2) is 84.9 Å². The molecular weight excluding hydrogens is 581 g/mol. The number of rotatable bonds is 8. The maximum Gasteiger partial charge on any atom is 0.223 e. The molecule has 45 heavy (non-hydrogen) atoms. The molecule has 2 aliphatic rings. The van der Waals surface area contributed by atoms with Crippen molar-refractivity contribution >= 4 is 28.3 Å². The molecule has 1 aliphatic heterocycles. The van der Waals surface area contributed by atoms with Gasteiger partial charge < -0.3 is 10.6 Å². The van der Waals surface area contributed by atoms with E-state index in [0.717, 1.165) is 84.1 Å². The number of carbonyl (C=O) groups is 2. The molecule has 228 valence electrons. The van der Waals surface area contributed by atoms with Gasteiger partial charge in [-0.2, -0.15) is 5.10 Å². The van der Waals surface area contributed by atoms with Crippen LogP contribution in [0, 0.1) is 5.92 Å². The molecule has 3 heterocycles. The molecule has 1 saturated heterocycles. The van der Waals surface area contributed by atoms with E-state index in [2.05, 4.69) is 64.1 Å². The predicted molar refractivity (Wildman–Crippen MR) is 178 cm³/mol. The molecule has 2 amide bonds. The van der Waals surface area contributed by atoms with E-state index in [1.54, 1.807) is 0 Å². The third-order valence-corrected chi connectivity index (χ3v) is 9.69. The minimum atomic E-state index is -0.132. The van der Waals surface area contributed by atoms with E-state index in [9.17, 15) is 9.59 Å². The number of hydrogen-bond donors (Lipinski definition) is 2. The number of piperidine rings is 1. The lowest BCUT2D eigenvalue weighted by atomic mass is 9.95. The normalized spacial score (nSPS) is 14.9. The average molecular weight is 617 g/mol. The largest absolute Gasteiger partial charge is 0.352 e. The summed E-state index contributed by atoms with van der Waals surface area (Å²) in [4.78, 5) is 33.2. The maximum atomic E-state index is 13.2. The maximum absolute atomic E-state index is 13.2. The molecule has 0 bridgehead atoms. The highest BCUT2D eigenvalue weighted by atomic mass is 32.1. The number of fused-ring (bicyclic) bond motifs is 3. The van der Waals surface area contributed by atoms with Gasteiger partial charge in [-0.25, -0.2) is 9.67 Å². The molecule has 9 heteroatoms. The molecule has 0 radical (unpaired) electrons. The van der Waals surface area contributed by atoms with Gasteiger partial charge in [0.1, 0.15) is 0 Å². The lowest BCUT2D eigenvalue weighted by molar-refractivity contribution is -0.126. The number of aryl methyl sites for hydroxylation is 1. The highest BCUT2D eigenvalue weighted by Gasteiger charge is 2.30. The van der Waals surface area contributed by atoms with E-state index in [1.165, 1.54) is 29.4 Å². The molecule has 0 unspecified atom stereocenters. The van der Waals surface area contributed by atoms with Crippen LogP contribution in [-0.4, -0.2) is 44.6 Å². The quantitative estimate of drug-likeness (QED) is 0.215. The van der Waals surface area contributed by atoms with Crippen LogP contribution >= 0.6 is 11.3 Å². The molecule has 8 nitrogen and oxygen atoms in total. The first kappa shape index (κ1) is 29.1. The summed E-state index contributed by atoms with van der Waals surface area (Å²) in [5.41, 5.74) is 8.48. The minimum absolute atomic E-state index is 0.0364. The summed E-state index contributed by atoms with van der Waals surface area (Å²) >= 11 is 1.49. The van der Waals surface area contributed by atoms with Crippen molar-refractivity contribution in [2.75, 3.05) is 18.4 Å². The summed E-state index contributed by atoms with van der Waals surface area (Å²) in [6.07, 6.45) is 3.35. The van der Waals surface area contributed by atoms with Crippen LogP contribution in [-0.2, 0) is 35.5 Å². The first-order valence-electron chi connectivity index (χ1n) is 15.6. The number of anilines is 1. The zero-order chi connectivity index (χ0) is 30.8. The van der Waals surface area contributed by atoms with Crippen molar-refractivity contribution < 1.29 is 9.59 Å². The second-order valence-corrected chi connectivity index (χ2v) is 12.9. The van der Waals surface area contributed by atoms with Crippen molar-refractivity contribution in [2.45, 2.75) is 45.7 Å². The number of benzene rings is 3. The lowest BCUT2D eigenvalue weighted by Crippen LogP contribution is -2.40. The Labute approximate surface area is 267 Å². The zero-order valence-electron chi connectivity index (χ0n) is 25.3. The molecule has 5 aromatic rings. The monoisotopic (exact) mass is 616 g/mol. The number of thiazole rings is 1. The third-order valence-electron chi connectivity index (χ3n) is 8.67. The summed E-state index contributed by atoms with van der Waals surface area (Å²) in [6, 6.07) is 29.0. The van der Waals surface area contributed by atoms with Gasteiger partial charge in [-0.1, -0.05) is 84.1 Å². The number of likely N-dealkylation sites (tertiary alicyclic amines) is 1. The smallest absolute Gasteiger partial charge is 0.223 e. The van der Waals surface area contributed by atoms with Crippen LogP contribution in [0.3, 0.4) is 0 Å². The molecule has 7 rings (SSSR count). The molecule has 2 N–H and O–H groups in total. The van der Waals surface area contributed by atoms with E-state index in [0.29, 0.717) is 11.7 Å². The number of nitrogens with zero attached hydrogens (tertiary/aromatic N) is 4. The first-order valence-corrected chi connectivity index (χ1v) is 16.4. The Morgan fingerprint density at radius 3 is 2.40 bits per heavy atom. The molecule has 0 atom stereocenters. The van der Waals surface area contributed by atoms with Gasteiger partial charge in [-0.3, -0.25) is 14.5 Å². The van der Waals surface area contributed by atoms with Crippen LogP contribution in [0.25, 0.3) is 27.5 Å². The third kappa shape index (κ3) is 6.32. The fourth-order valence-corrected chi connectivity index (χ4v) is 7.53. The minimum Gasteiger partial charge on any atom is -0.352 e. The topological polar surface area (TPSA) is 92.1 Å². The Balaban J connectivity index is 1.10. The number of amides is 2. The first-order chi connectivity index (χ1) is 22.0. The fourth-order valence-electron chi connectivity index (χ4n) is 6.42. The Morgan fingerprint density at radius 2 is 1.64 bits per heavy atom. The second kappa shape index (κ2) is 12.8. The van der Waals surface area contributed by atoms with Crippen LogP contribution in [0.2, 0.25) is 0 Å². The van der Waals surface area contributed by atoms with Gasteiger partial charge in [0.15, 0.2) is 5.13 Å². The Morgan fingerprint density at radius 1 is 0.911 bits per heavy atom. The molecule has 0 spiro atoms. The molecule has 1 fully saturated rings. The molecule has 1 aliphatic carbocycles. The van der Waals surface area contributed by atoms with Gasteiger partial charge in [-0.05, 0) is 62.0 Å². The van der Waals surface area contributed by atoms with Crippen LogP contribution in [0.4, 0.5) is 5.13 Å². The van der Waals surface area contributed by atoms with Crippen molar-refractivity contribution in [3.63, 3.8) is 0 Å². The van der Waals surface area contributed by atoms with Gasteiger partial charge in [0.25, 0.3) is 0 Å². The molecule has 2 aromatic heterocycles. The number of hydrogen-bond acceptors (Lipinski definition) is 6. The second-order valence-electron chi connectivity index (χ2n) is 11.9. The summed E-state index contributed by atoms with van der Waals surface area (Å²) in [6.45, 7) is 4.76. The summed E-state index contributed by atoms with van der Waals surface area (Å²) in [5.74, 6) is 0.0315. The molecular formula is C36H36N6O2S. The highest BCUT2D eigenvalue weighted by Crippen LogP contribution is 2.44. The van der Waals surface area contributed by atoms with Gasteiger partial charge >= 0.3 is 0 Å². The van der Waals surface area contributed by atoms with Crippen LogP contribution in [0.1, 0.15) is 42.1 Å². The average Bonchev–Trinajstić information content (AvgIpc) is 3.66. The van der Waals surface area contributed by atoms with Crippen molar-refractivity contribution in [1.82, 2.24) is 25.0 Å². The van der Waals surface area contributed by atoms with Gasteiger partial charge in [0, 0.05) is 37.1 Å². The fraction of sp³-hybridized carbons (Fsp3) is 0.278. The van der Waals surface area contributed by atoms with Gasteiger partial charge in [0.2, 0.25) is 11.8 Å². The van der Waals surface area contributed by atoms with E-state index in [4.69, 9.17) is 10.1 Å². The Hall–Kier alpha value is -4.60. The van der Waals surface area contributed by atoms with E-state index in [-0.39, 0.29) is 17.7 Å². The zero-order valence-corrected chi connectivity index (χ0v) is 26.1. The highest BCUT2D eigenvalue weighted by molar-refractivity contribution is 7.19. The van der Waals surface area contributed by atoms with Crippen LogP contribution in [0.5, 0.6) is 0 Å². The standard InChI is InChI=1S/C36H36N6O2S/c1-24(43)38-36-39-31-16-15-30-32(27-12-6-3-7-13-27)40-42(33(30)34(31)45-36)29-14-8-11-26(21-29)22-37-35(44)28-17-19-41(20-18-28)23-25-9-4-2-5-10-25/h2-14,21,28H,15-20,22-23H2,1H3,(H,37,44)(H,38,39,43). The SMILES string of the molecule is CC(=O)Nc1nc2c(s1)-c1c(c(-c3ccccc3)nn1-c1cccc(CNC(=O)C3CCN(Cc4ccccc4)CC3)c1)CC2. The van der Waals surface area contributed by atoms with Crippen molar-refractivity contribution in [1.29, 1.82) is 0 Å². The lowest BCUT2D eigenvalue weighted by Gasteiger charge is -2.31.